The number of nitrogens with one attached hydrogen (secondary N) is 2. The number of esters is 1. The van der Waals surface area contributed by atoms with E-state index in [9.17, 15) is 9.59 Å². The summed E-state index contributed by atoms with van der Waals surface area (Å²) in [6.07, 6.45) is 2.10. The lowest BCUT2D eigenvalue weighted by Gasteiger charge is -2.18. The summed E-state index contributed by atoms with van der Waals surface area (Å²) in [7, 11) is 1.81. The van der Waals surface area contributed by atoms with Gasteiger partial charge in [0.15, 0.2) is 0 Å². The zero-order valence-electron chi connectivity index (χ0n) is 24.0. The van der Waals surface area contributed by atoms with Crippen LogP contribution in [0.15, 0.2) is 65.3 Å². The molecule has 1 unspecified atom stereocenters. The number of hydrogen-bond acceptors (Lipinski definition) is 8. The van der Waals surface area contributed by atoms with E-state index in [-0.39, 0.29) is 18.4 Å². The Labute approximate surface area is 234 Å². The van der Waals surface area contributed by atoms with Gasteiger partial charge in [-0.25, -0.2) is 5.84 Å². The van der Waals surface area contributed by atoms with E-state index in [1.807, 2.05) is 71.1 Å². The Hall–Kier alpha value is -3.01. The zero-order chi connectivity index (χ0) is 29.1. The van der Waals surface area contributed by atoms with Gasteiger partial charge in [0.1, 0.15) is 5.92 Å². The standard InChI is InChI=1S/C20H33N5O3.C7H8S.C2H6/c1-5-28-20(27)18(10-14(2)3)19(26)24-17-8-6-15(7-9-17)12-25(22)13-16(21)11-23-4;1-6-2-4-7(8)5-3-6;1-2/h6-9,13-14,18,23H,5,10-12,21-22H2,1-4H3,(H,24,26);2-5,8H,1H3;1-2H3/b16-13-;;. The van der Waals surface area contributed by atoms with Crippen LogP contribution in [-0.4, -0.2) is 37.1 Å². The summed E-state index contributed by atoms with van der Waals surface area (Å²) in [4.78, 5) is 25.7. The van der Waals surface area contributed by atoms with Crippen molar-refractivity contribution in [2.75, 3.05) is 25.5 Å². The lowest BCUT2D eigenvalue weighted by molar-refractivity contribution is -0.151. The minimum atomic E-state index is -0.820. The van der Waals surface area contributed by atoms with Crippen molar-refractivity contribution in [3.05, 3.63) is 71.6 Å². The Morgan fingerprint density at radius 2 is 1.66 bits per heavy atom. The molecule has 0 bridgehead atoms. The molecule has 2 rings (SSSR count). The third-order valence-electron chi connectivity index (χ3n) is 4.93. The SMILES string of the molecule is CC.CCOC(=O)C(CC(C)C)C(=O)Nc1ccc(CN(N)/C=C(\N)CNC)cc1.Cc1ccc(S)cc1. The van der Waals surface area contributed by atoms with Crippen LogP contribution in [0.1, 0.15) is 52.2 Å². The van der Waals surface area contributed by atoms with Crippen LogP contribution < -0.4 is 22.2 Å². The molecule has 1 atom stereocenters. The number of hydrogen-bond donors (Lipinski definition) is 5. The molecule has 0 spiro atoms. The molecule has 8 nitrogen and oxygen atoms in total. The van der Waals surface area contributed by atoms with Gasteiger partial charge in [0.25, 0.3) is 0 Å². The average Bonchev–Trinajstić information content (AvgIpc) is 2.87. The number of carbonyl (C=O) groups excluding carboxylic acids is 2. The van der Waals surface area contributed by atoms with Gasteiger partial charge in [0.2, 0.25) is 5.91 Å². The molecule has 38 heavy (non-hydrogen) atoms. The average molecular weight is 546 g/mol. The number of ether oxygens (including phenoxy) is 1. The highest BCUT2D eigenvalue weighted by atomic mass is 32.1. The fourth-order valence-electron chi connectivity index (χ4n) is 3.21. The molecule has 0 aliphatic heterocycles. The maximum absolute atomic E-state index is 12.5. The molecular formula is C29H47N5O3S. The Morgan fingerprint density at radius 1 is 1.08 bits per heavy atom. The van der Waals surface area contributed by atoms with Gasteiger partial charge in [-0.2, -0.15) is 0 Å². The lowest BCUT2D eigenvalue weighted by Crippen LogP contribution is -2.32. The summed E-state index contributed by atoms with van der Waals surface area (Å²) in [5.74, 6) is 4.46. The Kier molecular flexibility index (Phi) is 18.4. The van der Waals surface area contributed by atoms with Gasteiger partial charge in [0, 0.05) is 29.0 Å². The topological polar surface area (TPSA) is 123 Å². The lowest BCUT2D eigenvalue weighted by atomic mass is 9.96. The summed E-state index contributed by atoms with van der Waals surface area (Å²) < 4.78 is 5.04. The quantitative estimate of drug-likeness (QED) is 0.0899. The number of benzene rings is 2. The molecule has 0 aliphatic rings. The van der Waals surface area contributed by atoms with Crippen LogP contribution in [0.5, 0.6) is 0 Å². The van der Waals surface area contributed by atoms with E-state index in [1.165, 1.54) is 10.6 Å². The van der Waals surface area contributed by atoms with Crippen LogP contribution in [0.4, 0.5) is 5.69 Å². The van der Waals surface area contributed by atoms with Crippen molar-refractivity contribution in [2.24, 2.45) is 23.4 Å². The zero-order valence-corrected chi connectivity index (χ0v) is 24.8. The number of likely N-dealkylation sites (N-methyl/N-ethyl adjacent to an activating group) is 1. The first-order valence-corrected chi connectivity index (χ1v) is 13.4. The van der Waals surface area contributed by atoms with Crippen molar-refractivity contribution in [2.45, 2.75) is 59.4 Å². The number of aryl methyl sites for hydroxylation is 1. The first-order chi connectivity index (χ1) is 18.0. The molecule has 0 aromatic heterocycles. The van der Waals surface area contributed by atoms with Gasteiger partial charge in [-0.15, -0.1) is 12.6 Å². The molecule has 0 radical (unpaired) electrons. The second-order valence-corrected chi connectivity index (χ2v) is 9.38. The summed E-state index contributed by atoms with van der Waals surface area (Å²) >= 11 is 4.13. The van der Waals surface area contributed by atoms with Crippen molar-refractivity contribution in [1.82, 2.24) is 10.3 Å². The van der Waals surface area contributed by atoms with Crippen molar-refractivity contribution in [3.63, 3.8) is 0 Å². The number of thiol groups is 1. The van der Waals surface area contributed by atoms with Crippen LogP contribution in [0, 0.1) is 18.8 Å². The number of anilines is 1. The first kappa shape index (κ1) is 35.0. The van der Waals surface area contributed by atoms with Crippen molar-refractivity contribution in [3.8, 4) is 0 Å². The third kappa shape index (κ3) is 15.3. The van der Waals surface area contributed by atoms with E-state index in [4.69, 9.17) is 16.3 Å². The summed E-state index contributed by atoms with van der Waals surface area (Å²) in [6.45, 7) is 13.0. The summed E-state index contributed by atoms with van der Waals surface area (Å²) in [5.41, 5.74) is 9.30. The van der Waals surface area contributed by atoms with E-state index in [0.29, 0.717) is 30.9 Å². The second kappa shape index (κ2) is 20.0. The molecule has 0 fully saturated rings. The van der Waals surface area contributed by atoms with Gasteiger partial charge >= 0.3 is 5.97 Å². The number of nitrogens with zero attached hydrogens (tertiary/aromatic N) is 1. The Balaban J connectivity index is 0.00000114. The van der Waals surface area contributed by atoms with Crippen LogP contribution in [0.2, 0.25) is 0 Å². The highest BCUT2D eigenvalue weighted by Crippen LogP contribution is 2.18. The molecular weight excluding hydrogens is 498 g/mol. The maximum Gasteiger partial charge on any atom is 0.318 e. The van der Waals surface area contributed by atoms with Crippen LogP contribution in [0.3, 0.4) is 0 Å². The normalized spacial score (nSPS) is 11.4. The first-order valence-electron chi connectivity index (χ1n) is 13.0. The molecule has 0 saturated heterocycles. The van der Waals surface area contributed by atoms with E-state index < -0.39 is 11.9 Å². The van der Waals surface area contributed by atoms with Gasteiger partial charge in [-0.1, -0.05) is 57.5 Å². The van der Waals surface area contributed by atoms with Gasteiger partial charge < -0.3 is 26.1 Å². The van der Waals surface area contributed by atoms with Gasteiger partial charge in [0.05, 0.1) is 13.2 Å². The predicted molar refractivity (Wildman–Crippen MR) is 160 cm³/mol. The molecule has 0 saturated carbocycles. The fraction of sp³-hybridized carbons (Fsp3) is 0.448. The predicted octanol–water partition coefficient (Wildman–Crippen LogP) is 4.86. The molecule has 0 aliphatic carbocycles. The summed E-state index contributed by atoms with van der Waals surface area (Å²) in [6, 6.07) is 15.3. The van der Waals surface area contributed by atoms with Crippen molar-refractivity contribution >= 4 is 30.2 Å². The largest absolute Gasteiger partial charge is 0.465 e. The van der Waals surface area contributed by atoms with E-state index in [1.54, 1.807) is 25.3 Å². The van der Waals surface area contributed by atoms with E-state index in [0.717, 1.165) is 10.5 Å². The monoisotopic (exact) mass is 545 g/mol. The molecule has 1 amide bonds. The summed E-state index contributed by atoms with van der Waals surface area (Å²) in [5, 5.41) is 7.24. The van der Waals surface area contributed by atoms with Gasteiger partial charge in [-0.05, 0) is 63.1 Å². The minimum Gasteiger partial charge on any atom is -0.465 e. The molecule has 2 aromatic carbocycles. The van der Waals surface area contributed by atoms with Crippen LogP contribution in [0.25, 0.3) is 0 Å². The van der Waals surface area contributed by atoms with E-state index in [2.05, 4.69) is 30.2 Å². The van der Waals surface area contributed by atoms with Crippen LogP contribution in [-0.2, 0) is 20.9 Å². The van der Waals surface area contributed by atoms with Gasteiger partial charge in [-0.3, -0.25) is 9.59 Å². The smallest absolute Gasteiger partial charge is 0.318 e. The Bertz CT molecular complexity index is 942. The number of hydrazine groups is 1. The molecule has 212 valence electrons. The van der Waals surface area contributed by atoms with Crippen molar-refractivity contribution < 1.29 is 14.3 Å². The molecule has 0 heterocycles. The molecule has 2 aromatic rings. The molecule has 9 heteroatoms. The van der Waals surface area contributed by atoms with E-state index >= 15 is 0 Å². The number of nitrogens with two attached hydrogens (primary N) is 2. The highest BCUT2D eigenvalue weighted by molar-refractivity contribution is 7.80. The fourth-order valence-corrected chi connectivity index (χ4v) is 3.36. The third-order valence-corrected chi connectivity index (χ3v) is 5.23. The molecule has 6 N–H and O–H groups in total. The number of rotatable bonds is 11. The Morgan fingerprint density at radius 3 is 2.13 bits per heavy atom. The minimum absolute atomic E-state index is 0.196. The number of carbonyl (C=O) groups is 2. The maximum atomic E-state index is 12.5. The van der Waals surface area contributed by atoms with Crippen molar-refractivity contribution in [1.29, 1.82) is 0 Å². The van der Waals surface area contributed by atoms with Crippen LogP contribution >= 0.6 is 12.6 Å². The second-order valence-electron chi connectivity index (χ2n) is 8.86. The number of amides is 1. The highest BCUT2D eigenvalue weighted by Gasteiger charge is 2.28.